The lowest BCUT2D eigenvalue weighted by molar-refractivity contribution is 0.121. The van der Waals surface area contributed by atoms with Crippen LogP contribution in [0.1, 0.15) is 60.3 Å². The monoisotopic (exact) mass is 240 g/mol. The largest absolute Gasteiger partial charge is 0.312 e. The fourth-order valence-corrected chi connectivity index (χ4v) is 2.72. The summed E-state index contributed by atoms with van der Waals surface area (Å²) in [6.45, 7) is 15.2. The van der Waals surface area contributed by atoms with Gasteiger partial charge in [-0.3, -0.25) is 0 Å². The first-order chi connectivity index (χ1) is 7.92. The summed E-state index contributed by atoms with van der Waals surface area (Å²) in [6.07, 6.45) is 5.44. The molecular weight excluding hydrogens is 208 g/mol. The molecule has 17 heavy (non-hydrogen) atoms. The molecule has 1 N–H and O–H groups in total. The molecule has 2 unspecified atom stereocenters. The number of rotatable bonds is 5. The summed E-state index contributed by atoms with van der Waals surface area (Å²) in [6, 6.07) is 0.775. The Morgan fingerprint density at radius 2 is 2.06 bits per heavy atom. The van der Waals surface area contributed by atoms with Crippen LogP contribution in [0.25, 0.3) is 0 Å². The molecule has 102 valence electrons. The van der Waals surface area contributed by atoms with E-state index < -0.39 is 0 Å². The van der Waals surface area contributed by atoms with E-state index in [1.807, 2.05) is 0 Å². The fraction of sp³-hybridized carbons (Fsp3) is 1.00. The summed E-state index contributed by atoms with van der Waals surface area (Å²) >= 11 is 0. The van der Waals surface area contributed by atoms with Gasteiger partial charge < -0.3 is 10.2 Å². The van der Waals surface area contributed by atoms with Crippen molar-refractivity contribution in [1.29, 1.82) is 0 Å². The highest BCUT2D eigenvalue weighted by molar-refractivity contribution is 4.80. The van der Waals surface area contributed by atoms with Gasteiger partial charge in [0.1, 0.15) is 0 Å². The lowest BCUT2D eigenvalue weighted by Crippen LogP contribution is -2.46. The van der Waals surface area contributed by atoms with Crippen LogP contribution in [-0.4, -0.2) is 36.1 Å². The lowest BCUT2D eigenvalue weighted by Gasteiger charge is -2.38. The van der Waals surface area contributed by atoms with Crippen LogP contribution in [0.15, 0.2) is 0 Å². The fourth-order valence-electron chi connectivity index (χ4n) is 2.72. The number of nitrogens with one attached hydrogen (secondary N) is 1. The molecule has 1 heterocycles. The van der Waals surface area contributed by atoms with Crippen LogP contribution in [0, 0.1) is 5.92 Å². The Balaban J connectivity index is 2.33. The summed E-state index contributed by atoms with van der Waals surface area (Å²) in [5, 5.41) is 3.66. The molecular formula is C15H32N2. The van der Waals surface area contributed by atoms with Crippen LogP contribution in [0.4, 0.5) is 0 Å². The smallest absolute Gasteiger partial charge is 0.00966 e. The second kappa shape index (κ2) is 6.75. The van der Waals surface area contributed by atoms with Crippen LogP contribution in [0.5, 0.6) is 0 Å². The Kier molecular flexibility index (Phi) is 5.94. The number of hydrogen-bond donors (Lipinski definition) is 1. The zero-order valence-electron chi connectivity index (χ0n) is 12.6. The van der Waals surface area contributed by atoms with Gasteiger partial charge in [0.15, 0.2) is 0 Å². The maximum absolute atomic E-state index is 3.66. The molecule has 1 saturated heterocycles. The van der Waals surface area contributed by atoms with Gasteiger partial charge in [0, 0.05) is 18.1 Å². The molecule has 0 radical (unpaired) electrons. The molecule has 1 aliphatic rings. The molecule has 0 aromatic carbocycles. The molecule has 2 heteroatoms. The first-order valence-electron chi connectivity index (χ1n) is 7.41. The van der Waals surface area contributed by atoms with Gasteiger partial charge in [0.05, 0.1) is 0 Å². The Labute approximate surface area is 108 Å². The second-order valence-corrected chi connectivity index (χ2v) is 6.77. The third-order valence-corrected chi connectivity index (χ3v) is 3.80. The van der Waals surface area contributed by atoms with Crippen LogP contribution >= 0.6 is 0 Å². The highest BCUT2D eigenvalue weighted by atomic mass is 15.2. The zero-order valence-corrected chi connectivity index (χ0v) is 12.6. The third-order valence-electron chi connectivity index (χ3n) is 3.80. The van der Waals surface area contributed by atoms with Crippen LogP contribution < -0.4 is 5.32 Å². The maximum atomic E-state index is 3.66. The molecule has 1 aliphatic heterocycles. The van der Waals surface area contributed by atoms with Gasteiger partial charge in [-0.1, -0.05) is 13.3 Å². The van der Waals surface area contributed by atoms with E-state index in [1.54, 1.807) is 0 Å². The quantitative estimate of drug-likeness (QED) is 0.793. The molecule has 0 aliphatic carbocycles. The Hall–Kier alpha value is -0.0800. The summed E-state index contributed by atoms with van der Waals surface area (Å²) in [5.41, 5.74) is 0.261. The van der Waals surface area contributed by atoms with Crippen molar-refractivity contribution >= 4 is 0 Å². The standard InChI is InChI=1S/C15H32N2/c1-6-8-13(2)17-10-7-9-14(12-17)11-16-15(3,4)5/h13-14,16H,6-12H2,1-5H3. The molecule has 1 fully saturated rings. The first-order valence-corrected chi connectivity index (χ1v) is 7.41. The van der Waals surface area contributed by atoms with Crippen molar-refractivity contribution in [3.63, 3.8) is 0 Å². The normalized spacial score (nSPS) is 24.9. The summed E-state index contributed by atoms with van der Waals surface area (Å²) in [5.74, 6) is 0.849. The summed E-state index contributed by atoms with van der Waals surface area (Å²) in [7, 11) is 0. The number of likely N-dealkylation sites (tertiary alicyclic amines) is 1. The van der Waals surface area contributed by atoms with Gasteiger partial charge in [-0.05, 0) is 66.0 Å². The van der Waals surface area contributed by atoms with E-state index in [4.69, 9.17) is 0 Å². The van der Waals surface area contributed by atoms with Gasteiger partial charge in [-0.2, -0.15) is 0 Å². The molecule has 0 amide bonds. The van der Waals surface area contributed by atoms with E-state index in [-0.39, 0.29) is 5.54 Å². The average Bonchev–Trinajstić information content (AvgIpc) is 2.26. The Bertz CT molecular complexity index is 207. The SMILES string of the molecule is CCCC(C)N1CCCC(CNC(C)(C)C)C1. The molecule has 2 atom stereocenters. The Morgan fingerprint density at radius 1 is 1.35 bits per heavy atom. The minimum Gasteiger partial charge on any atom is -0.312 e. The van der Waals surface area contributed by atoms with Gasteiger partial charge in [-0.15, -0.1) is 0 Å². The van der Waals surface area contributed by atoms with Gasteiger partial charge in [0.25, 0.3) is 0 Å². The highest BCUT2D eigenvalue weighted by Gasteiger charge is 2.23. The Morgan fingerprint density at radius 3 is 2.65 bits per heavy atom. The van der Waals surface area contributed by atoms with E-state index in [2.05, 4.69) is 44.8 Å². The van der Waals surface area contributed by atoms with Crippen molar-refractivity contribution in [3.8, 4) is 0 Å². The van der Waals surface area contributed by atoms with Crippen LogP contribution in [0.2, 0.25) is 0 Å². The molecule has 0 spiro atoms. The van der Waals surface area contributed by atoms with E-state index in [0.717, 1.165) is 12.0 Å². The predicted octanol–water partition coefficient (Wildman–Crippen LogP) is 3.28. The van der Waals surface area contributed by atoms with Gasteiger partial charge in [-0.25, -0.2) is 0 Å². The zero-order chi connectivity index (χ0) is 12.9. The van der Waals surface area contributed by atoms with Crippen molar-refractivity contribution < 1.29 is 0 Å². The van der Waals surface area contributed by atoms with E-state index in [1.165, 1.54) is 45.3 Å². The van der Waals surface area contributed by atoms with Crippen molar-refractivity contribution in [1.82, 2.24) is 10.2 Å². The highest BCUT2D eigenvalue weighted by Crippen LogP contribution is 2.20. The molecule has 0 bridgehead atoms. The van der Waals surface area contributed by atoms with Crippen molar-refractivity contribution in [2.24, 2.45) is 5.92 Å². The number of nitrogens with zero attached hydrogens (tertiary/aromatic N) is 1. The van der Waals surface area contributed by atoms with E-state index in [9.17, 15) is 0 Å². The first kappa shape index (κ1) is 15.0. The summed E-state index contributed by atoms with van der Waals surface area (Å²) in [4.78, 5) is 2.70. The van der Waals surface area contributed by atoms with Crippen molar-refractivity contribution in [3.05, 3.63) is 0 Å². The van der Waals surface area contributed by atoms with Crippen molar-refractivity contribution in [2.75, 3.05) is 19.6 Å². The van der Waals surface area contributed by atoms with E-state index >= 15 is 0 Å². The molecule has 1 rings (SSSR count). The summed E-state index contributed by atoms with van der Waals surface area (Å²) < 4.78 is 0. The molecule has 0 saturated carbocycles. The maximum Gasteiger partial charge on any atom is 0.00966 e. The number of hydrogen-bond acceptors (Lipinski definition) is 2. The lowest BCUT2D eigenvalue weighted by atomic mass is 9.95. The van der Waals surface area contributed by atoms with Crippen molar-refractivity contribution in [2.45, 2.75) is 71.9 Å². The van der Waals surface area contributed by atoms with Crippen LogP contribution in [0.3, 0.4) is 0 Å². The molecule has 2 nitrogen and oxygen atoms in total. The molecule has 0 aromatic rings. The van der Waals surface area contributed by atoms with Crippen LogP contribution in [-0.2, 0) is 0 Å². The average molecular weight is 240 g/mol. The van der Waals surface area contributed by atoms with Gasteiger partial charge >= 0.3 is 0 Å². The van der Waals surface area contributed by atoms with E-state index in [0.29, 0.717) is 0 Å². The second-order valence-electron chi connectivity index (χ2n) is 6.77. The topological polar surface area (TPSA) is 15.3 Å². The molecule has 0 aromatic heterocycles. The third kappa shape index (κ3) is 5.87. The number of piperidine rings is 1. The minimum atomic E-state index is 0.261. The van der Waals surface area contributed by atoms with Gasteiger partial charge in [0.2, 0.25) is 0 Å². The minimum absolute atomic E-state index is 0.261. The predicted molar refractivity (Wildman–Crippen MR) is 76.4 cm³/mol.